The van der Waals surface area contributed by atoms with E-state index in [2.05, 4.69) is 6.58 Å². The van der Waals surface area contributed by atoms with Crippen molar-refractivity contribution < 1.29 is 17.7 Å². The highest BCUT2D eigenvalue weighted by molar-refractivity contribution is 5.74. The zero-order chi connectivity index (χ0) is 19.8. The molecule has 1 heterocycles. The summed E-state index contributed by atoms with van der Waals surface area (Å²) >= 11 is 0. The molecule has 0 spiro atoms. The van der Waals surface area contributed by atoms with Crippen LogP contribution in [-0.2, 0) is 18.1 Å². The van der Waals surface area contributed by atoms with Crippen LogP contribution in [0.25, 0.3) is 5.57 Å². The molecule has 1 nitrogen and oxygen atoms in total. The van der Waals surface area contributed by atoms with E-state index in [-0.39, 0.29) is 11.6 Å². The molecular weight excluding hydrogens is 354 g/mol. The first kappa shape index (κ1) is 19.4. The highest BCUT2D eigenvalue weighted by atomic mass is 19.4. The van der Waals surface area contributed by atoms with E-state index in [4.69, 9.17) is 0 Å². The Balaban J connectivity index is 1.80. The van der Waals surface area contributed by atoms with E-state index in [1.165, 1.54) is 12.1 Å². The Morgan fingerprint density at radius 1 is 1.15 bits per heavy atom. The van der Waals surface area contributed by atoms with Crippen LogP contribution in [0.1, 0.15) is 36.1 Å². The summed E-state index contributed by atoms with van der Waals surface area (Å²) in [6, 6.07) is 12.7. The van der Waals surface area contributed by atoms with Crippen molar-refractivity contribution in [3.8, 4) is 0 Å². The summed E-state index contributed by atoms with van der Waals surface area (Å²) in [6.45, 7) is 7.45. The molecule has 3 atom stereocenters. The number of hydrogen-bond acceptors (Lipinski definition) is 1. The zero-order valence-corrected chi connectivity index (χ0v) is 15.2. The van der Waals surface area contributed by atoms with E-state index < -0.39 is 17.3 Å². The second-order valence-corrected chi connectivity index (χ2v) is 6.97. The van der Waals surface area contributed by atoms with Gasteiger partial charge < -0.3 is 0 Å². The van der Waals surface area contributed by atoms with Gasteiger partial charge in [-0.1, -0.05) is 61.2 Å². The van der Waals surface area contributed by atoms with Crippen LogP contribution >= 0.6 is 0 Å². The highest BCUT2D eigenvalue weighted by Crippen LogP contribution is 2.50. The van der Waals surface area contributed by atoms with Gasteiger partial charge in [-0.25, -0.2) is 0 Å². The van der Waals surface area contributed by atoms with Gasteiger partial charge in [0.1, 0.15) is 0 Å². The first-order valence-corrected chi connectivity index (χ1v) is 8.73. The van der Waals surface area contributed by atoms with Gasteiger partial charge in [-0.05, 0) is 48.6 Å². The Hall–Kier alpha value is -2.40. The fourth-order valence-electron chi connectivity index (χ4n) is 3.47. The van der Waals surface area contributed by atoms with E-state index in [1.807, 2.05) is 38.1 Å². The summed E-state index contributed by atoms with van der Waals surface area (Å²) in [4.78, 5) is 0. The fraction of sp³-hybridized carbons (Fsp3) is 0.273. The Morgan fingerprint density at radius 3 is 2.37 bits per heavy atom. The van der Waals surface area contributed by atoms with Crippen LogP contribution in [0.3, 0.4) is 0 Å². The smallest absolute Gasteiger partial charge is 0.166 e. The van der Waals surface area contributed by atoms with E-state index in [0.29, 0.717) is 12.0 Å². The molecular formula is C22H21F4N. The number of halogens is 4. The summed E-state index contributed by atoms with van der Waals surface area (Å²) in [6.07, 6.45) is -0.582. The molecule has 27 heavy (non-hydrogen) atoms. The van der Waals surface area contributed by atoms with Crippen molar-refractivity contribution in [3.63, 3.8) is 0 Å². The Bertz CT molecular complexity index is 874. The first-order valence-electron chi connectivity index (χ1n) is 8.73. The van der Waals surface area contributed by atoms with Crippen LogP contribution in [0.2, 0.25) is 0 Å². The Labute approximate surface area is 156 Å². The predicted molar refractivity (Wildman–Crippen MR) is 99.5 cm³/mol. The molecule has 0 aliphatic carbocycles. The van der Waals surface area contributed by atoms with Crippen molar-refractivity contribution in [1.29, 1.82) is 0 Å². The number of hydrogen-bond donors (Lipinski definition) is 0. The molecule has 1 saturated heterocycles. The summed E-state index contributed by atoms with van der Waals surface area (Å²) in [5.41, 5.74) is 0.842. The fourth-order valence-corrected chi connectivity index (χ4v) is 3.47. The van der Waals surface area contributed by atoms with Crippen LogP contribution in [0.5, 0.6) is 0 Å². The average Bonchev–Trinajstić information content (AvgIpc) is 3.13. The lowest BCUT2D eigenvalue weighted by Crippen LogP contribution is -2.11. The maximum absolute atomic E-state index is 13.9. The molecule has 1 fully saturated rings. The zero-order valence-electron chi connectivity index (χ0n) is 15.2. The maximum atomic E-state index is 13.9. The minimum Gasteiger partial charge on any atom is -0.166 e. The SMILES string of the molecule is C=C(/C=C\Cc1ccccc1C1(C)C(C)N1F)c1ccccc1C(F)(F)F. The molecule has 3 rings (SSSR count). The number of benzene rings is 2. The molecule has 2 aromatic carbocycles. The largest absolute Gasteiger partial charge is 0.417 e. The molecule has 0 bridgehead atoms. The molecule has 2 aromatic rings. The summed E-state index contributed by atoms with van der Waals surface area (Å²) in [5.74, 6) is 0. The minimum atomic E-state index is -4.43. The summed E-state index contributed by atoms with van der Waals surface area (Å²) in [7, 11) is 0. The predicted octanol–water partition coefficient (Wildman–Crippen LogP) is 6.32. The van der Waals surface area contributed by atoms with Crippen molar-refractivity contribution in [1.82, 2.24) is 5.12 Å². The number of nitrogens with zero attached hydrogens (tertiary/aromatic N) is 1. The van der Waals surface area contributed by atoms with Crippen LogP contribution in [0, 0.1) is 0 Å². The van der Waals surface area contributed by atoms with E-state index >= 15 is 0 Å². The summed E-state index contributed by atoms with van der Waals surface area (Å²) in [5, 5.41) is 0.814. The van der Waals surface area contributed by atoms with E-state index in [1.54, 1.807) is 18.2 Å². The topological polar surface area (TPSA) is 3.01 Å². The van der Waals surface area contributed by atoms with E-state index in [0.717, 1.165) is 22.3 Å². The number of alkyl halides is 3. The monoisotopic (exact) mass is 375 g/mol. The van der Waals surface area contributed by atoms with Crippen molar-refractivity contribution >= 4 is 5.57 Å². The summed E-state index contributed by atoms with van der Waals surface area (Å²) < 4.78 is 53.4. The second kappa shape index (κ2) is 6.97. The van der Waals surface area contributed by atoms with Crippen LogP contribution in [0.4, 0.5) is 17.7 Å². The lowest BCUT2D eigenvalue weighted by molar-refractivity contribution is -0.137. The van der Waals surface area contributed by atoms with Gasteiger partial charge in [0.2, 0.25) is 0 Å². The third-order valence-corrected chi connectivity index (χ3v) is 5.33. The molecule has 3 unspecified atom stereocenters. The molecule has 0 N–H and O–H groups in total. The van der Waals surface area contributed by atoms with Crippen LogP contribution in [-0.4, -0.2) is 11.2 Å². The van der Waals surface area contributed by atoms with Crippen molar-refractivity contribution in [3.05, 3.63) is 89.5 Å². The second-order valence-electron chi connectivity index (χ2n) is 6.97. The minimum absolute atomic E-state index is 0.0623. The van der Waals surface area contributed by atoms with Gasteiger partial charge in [-0.15, -0.1) is 9.60 Å². The molecule has 1 aliphatic rings. The normalized spacial score (nSPS) is 25.0. The average molecular weight is 375 g/mol. The van der Waals surface area contributed by atoms with Crippen molar-refractivity contribution in [2.45, 2.75) is 38.0 Å². The van der Waals surface area contributed by atoms with Crippen LogP contribution < -0.4 is 0 Å². The standard InChI is InChI=1S/C22H21F4N/c1-15(18-12-5-7-14-20(18)22(23,24)25)9-8-11-17-10-4-6-13-19(17)21(3)16(2)27(21)26/h4-10,12-14,16H,1,11H2,2-3H3/b9-8-. The maximum Gasteiger partial charge on any atom is 0.417 e. The number of rotatable bonds is 5. The highest BCUT2D eigenvalue weighted by Gasteiger charge is 2.59. The Kier molecular flexibility index (Phi) is 5.00. The Morgan fingerprint density at radius 2 is 1.74 bits per heavy atom. The quantitative estimate of drug-likeness (QED) is 0.256. The molecule has 5 heteroatoms. The van der Waals surface area contributed by atoms with Gasteiger partial charge in [0.25, 0.3) is 0 Å². The van der Waals surface area contributed by atoms with Gasteiger partial charge in [0, 0.05) is 0 Å². The van der Waals surface area contributed by atoms with Gasteiger partial charge in [0.15, 0.2) is 0 Å². The van der Waals surface area contributed by atoms with Crippen molar-refractivity contribution in [2.24, 2.45) is 0 Å². The van der Waals surface area contributed by atoms with Crippen molar-refractivity contribution in [2.75, 3.05) is 0 Å². The van der Waals surface area contributed by atoms with Gasteiger partial charge in [-0.2, -0.15) is 13.2 Å². The molecule has 0 radical (unpaired) electrons. The van der Waals surface area contributed by atoms with Gasteiger partial charge in [-0.3, -0.25) is 0 Å². The molecule has 0 amide bonds. The third kappa shape index (κ3) is 3.56. The van der Waals surface area contributed by atoms with E-state index in [9.17, 15) is 17.7 Å². The molecule has 0 saturated carbocycles. The first-order chi connectivity index (χ1) is 12.7. The molecule has 142 valence electrons. The van der Waals surface area contributed by atoms with Gasteiger partial charge in [0.05, 0.1) is 17.1 Å². The lowest BCUT2D eigenvalue weighted by Gasteiger charge is -2.14. The van der Waals surface area contributed by atoms with Crippen LogP contribution in [0.15, 0.2) is 67.3 Å². The lowest BCUT2D eigenvalue weighted by atomic mass is 9.91. The van der Waals surface area contributed by atoms with Gasteiger partial charge >= 0.3 is 6.18 Å². The third-order valence-electron chi connectivity index (χ3n) is 5.33. The number of allylic oxidation sites excluding steroid dienone is 3. The molecule has 1 aliphatic heterocycles. The molecule has 0 aromatic heterocycles.